The van der Waals surface area contributed by atoms with Crippen LogP contribution in [0.25, 0.3) is 0 Å². The first kappa shape index (κ1) is 25.5. The SMILES string of the molecule is CCCN(CC(=O)N1CCc2sccc2C1c1ccc(Cl)cc1)C(=O)c1ccc(C(C)(C)C)cc1. The first-order valence-electron chi connectivity index (χ1n) is 12.2. The first-order valence-corrected chi connectivity index (χ1v) is 13.5. The molecule has 2 amide bonds. The summed E-state index contributed by atoms with van der Waals surface area (Å²) in [5.74, 6) is -0.133. The number of benzene rings is 2. The molecule has 35 heavy (non-hydrogen) atoms. The highest BCUT2D eigenvalue weighted by Crippen LogP contribution is 2.38. The fourth-order valence-electron chi connectivity index (χ4n) is 4.66. The van der Waals surface area contributed by atoms with Crippen LogP contribution in [-0.4, -0.2) is 41.2 Å². The Morgan fingerprint density at radius 3 is 2.37 bits per heavy atom. The number of amides is 2. The molecule has 0 fully saturated rings. The zero-order chi connectivity index (χ0) is 25.2. The Bertz CT molecular complexity index is 1180. The summed E-state index contributed by atoms with van der Waals surface area (Å²) in [4.78, 5) is 32.0. The summed E-state index contributed by atoms with van der Waals surface area (Å²) in [6, 6.07) is 17.5. The van der Waals surface area contributed by atoms with Gasteiger partial charge in [-0.25, -0.2) is 0 Å². The summed E-state index contributed by atoms with van der Waals surface area (Å²) >= 11 is 7.88. The Balaban J connectivity index is 1.57. The van der Waals surface area contributed by atoms with Crippen molar-refractivity contribution in [3.8, 4) is 0 Å². The largest absolute Gasteiger partial charge is 0.330 e. The first-order chi connectivity index (χ1) is 16.7. The van der Waals surface area contributed by atoms with Gasteiger partial charge in [0, 0.05) is 28.6 Å². The number of carbonyl (C=O) groups excluding carboxylic acids is 2. The van der Waals surface area contributed by atoms with E-state index in [1.807, 2.05) is 60.4 Å². The molecule has 2 heterocycles. The molecular formula is C29H33ClN2O2S. The Hall–Kier alpha value is -2.63. The average molecular weight is 509 g/mol. The maximum absolute atomic E-state index is 13.7. The third-order valence-corrected chi connectivity index (χ3v) is 7.83. The molecule has 0 spiro atoms. The summed E-state index contributed by atoms with van der Waals surface area (Å²) in [6.45, 7) is 9.73. The molecule has 0 aliphatic carbocycles. The predicted molar refractivity (Wildman–Crippen MR) is 144 cm³/mol. The molecule has 1 atom stereocenters. The Morgan fingerprint density at radius 2 is 1.74 bits per heavy atom. The number of fused-ring (bicyclic) bond motifs is 1. The van der Waals surface area contributed by atoms with Gasteiger partial charge in [0.15, 0.2) is 0 Å². The normalized spacial score (nSPS) is 15.6. The number of carbonyl (C=O) groups is 2. The highest BCUT2D eigenvalue weighted by Gasteiger charge is 2.34. The molecule has 0 saturated heterocycles. The molecular weight excluding hydrogens is 476 g/mol. The molecule has 1 aliphatic rings. The number of halogens is 1. The highest BCUT2D eigenvalue weighted by molar-refractivity contribution is 7.10. The van der Waals surface area contributed by atoms with Crippen LogP contribution in [0.3, 0.4) is 0 Å². The van der Waals surface area contributed by atoms with E-state index < -0.39 is 0 Å². The molecule has 0 saturated carbocycles. The summed E-state index contributed by atoms with van der Waals surface area (Å²) in [7, 11) is 0. The average Bonchev–Trinajstić information content (AvgIpc) is 3.32. The second kappa shape index (κ2) is 10.5. The number of rotatable bonds is 6. The smallest absolute Gasteiger partial charge is 0.254 e. The van der Waals surface area contributed by atoms with E-state index in [1.54, 1.807) is 16.2 Å². The second-order valence-corrected chi connectivity index (χ2v) is 11.6. The van der Waals surface area contributed by atoms with Gasteiger partial charge in [-0.15, -0.1) is 11.3 Å². The summed E-state index contributed by atoms with van der Waals surface area (Å²) in [5, 5.41) is 2.76. The minimum absolute atomic E-state index is 0.0199. The minimum Gasteiger partial charge on any atom is -0.330 e. The van der Waals surface area contributed by atoms with Crippen LogP contribution in [0.1, 0.15) is 72.1 Å². The molecule has 1 aliphatic heterocycles. The van der Waals surface area contributed by atoms with E-state index in [0.717, 1.165) is 18.4 Å². The summed E-state index contributed by atoms with van der Waals surface area (Å²) in [6.07, 6.45) is 1.62. The van der Waals surface area contributed by atoms with Crippen LogP contribution in [0.4, 0.5) is 0 Å². The lowest BCUT2D eigenvalue weighted by Gasteiger charge is -2.37. The zero-order valence-corrected chi connectivity index (χ0v) is 22.5. The maximum Gasteiger partial charge on any atom is 0.254 e. The molecule has 6 heteroatoms. The van der Waals surface area contributed by atoms with Gasteiger partial charge in [-0.1, -0.05) is 63.6 Å². The molecule has 4 rings (SSSR count). The quantitative estimate of drug-likeness (QED) is 0.370. The van der Waals surface area contributed by atoms with Crippen molar-refractivity contribution < 1.29 is 9.59 Å². The Labute approximate surface area is 217 Å². The Kier molecular flexibility index (Phi) is 7.67. The van der Waals surface area contributed by atoms with Crippen LogP contribution in [0.15, 0.2) is 60.0 Å². The standard InChI is InChI=1S/C29H33ClN2O2S/c1-5-16-31(28(34)21-6-10-22(11-7-21)29(2,3)4)19-26(33)32-17-14-25-24(15-18-35-25)27(32)20-8-12-23(30)13-9-20/h6-13,15,18,27H,5,14,16-17,19H2,1-4H3. The maximum atomic E-state index is 13.7. The van der Waals surface area contributed by atoms with Crippen molar-refractivity contribution in [1.29, 1.82) is 0 Å². The van der Waals surface area contributed by atoms with Gasteiger partial charge in [-0.05, 0) is 70.7 Å². The fraction of sp³-hybridized carbons (Fsp3) is 0.379. The van der Waals surface area contributed by atoms with E-state index in [4.69, 9.17) is 11.6 Å². The van der Waals surface area contributed by atoms with Crippen LogP contribution >= 0.6 is 22.9 Å². The van der Waals surface area contributed by atoms with E-state index in [1.165, 1.54) is 16.0 Å². The van der Waals surface area contributed by atoms with Crippen LogP contribution < -0.4 is 0 Å². The highest BCUT2D eigenvalue weighted by atomic mass is 35.5. The fourth-order valence-corrected chi connectivity index (χ4v) is 5.69. The van der Waals surface area contributed by atoms with Gasteiger partial charge in [0.25, 0.3) is 5.91 Å². The molecule has 184 valence electrons. The number of hydrogen-bond acceptors (Lipinski definition) is 3. The van der Waals surface area contributed by atoms with Gasteiger partial charge >= 0.3 is 0 Å². The lowest BCUT2D eigenvalue weighted by atomic mass is 9.86. The van der Waals surface area contributed by atoms with E-state index >= 15 is 0 Å². The van der Waals surface area contributed by atoms with Crippen molar-refractivity contribution in [3.63, 3.8) is 0 Å². The van der Waals surface area contributed by atoms with Crippen molar-refractivity contribution in [3.05, 3.63) is 92.1 Å². The third kappa shape index (κ3) is 5.62. The Morgan fingerprint density at radius 1 is 1.06 bits per heavy atom. The van der Waals surface area contributed by atoms with E-state index in [2.05, 4.69) is 32.2 Å². The van der Waals surface area contributed by atoms with Crippen molar-refractivity contribution in [1.82, 2.24) is 9.80 Å². The van der Waals surface area contributed by atoms with Gasteiger partial charge in [-0.2, -0.15) is 0 Å². The molecule has 1 unspecified atom stereocenters. The molecule has 0 radical (unpaired) electrons. The van der Waals surface area contributed by atoms with E-state index in [9.17, 15) is 9.59 Å². The lowest BCUT2D eigenvalue weighted by molar-refractivity contribution is -0.134. The van der Waals surface area contributed by atoms with Gasteiger partial charge in [0.1, 0.15) is 6.54 Å². The third-order valence-electron chi connectivity index (χ3n) is 6.58. The molecule has 0 N–H and O–H groups in total. The van der Waals surface area contributed by atoms with Gasteiger partial charge in [0.05, 0.1) is 6.04 Å². The molecule has 1 aromatic heterocycles. The molecule has 4 nitrogen and oxygen atoms in total. The topological polar surface area (TPSA) is 40.6 Å². The van der Waals surface area contributed by atoms with Crippen molar-refractivity contribution in [2.45, 2.75) is 52.0 Å². The molecule has 0 bridgehead atoms. The van der Waals surface area contributed by atoms with Crippen LogP contribution in [-0.2, 0) is 16.6 Å². The number of hydrogen-bond donors (Lipinski definition) is 0. The van der Waals surface area contributed by atoms with Crippen LogP contribution in [0.2, 0.25) is 5.02 Å². The van der Waals surface area contributed by atoms with E-state index in [0.29, 0.717) is 23.7 Å². The van der Waals surface area contributed by atoms with Crippen molar-refractivity contribution in [2.24, 2.45) is 0 Å². The summed E-state index contributed by atoms with van der Waals surface area (Å²) < 4.78 is 0. The van der Waals surface area contributed by atoms with Gasteiger partial charge < -0.3 is 9.80 Å². The summed E-state index contributed by atoms with van der Waals surface area (Å²) in [5.41, 5.74) is 4.02. The van der Waals surface area contributed by atoms with Crippen LogP contribution in [0, 0.1) is 0 Å². The van der Waals surface area contributed by atoms with Gasteiger partial charge in [0.2, 0.25) is 5.91 Å². The number of nitrogens with zero attached hydrogens (tertiary/aromatic N) is 2. The minimum atomic E-state index is -0.167. The number of thiophene rings is 1. The van der Waals surface area contributed by atoms with E-state index in [-0.39, 0.29) is 29.8 Å². The monoisotopic (exact) mass is 508 g/mol. The lowest BCUT2D eigenvalue weighted by Crippen LogP contribution is -2.47. The van der Waals surface area contributed by atoms with Gasteiger partial charge in [-0.3, -0.25) is 9.59 Å². The molecule has 2 aromatic carbocycles. The zero-order valence-electron chi connectivity index (χ0n) is 20.9. The molecule has 3 aromatic rings. The van der Waals surface area contributed by atoms with Crippen molar-refractivity contribution >= 4 is 34.8 Å². The second-order valence-electron chi connectivity index (χ2n) is 10.1. The predicted octanol–water partition coefficient (Wildman–Crippen LogP) is 6.73. The van der Waals surface area contributed by atoms with Crippen molar-refractivity contribution in [2.75, 3.05) is 19.6 Å². The van der Waals surface area contributed by atoms with Crippen LogP contribution in [0.5, 0.6) is 0 Å².